The molecule has 0 aromatic carbocycles. The van der Waals surface area contributed by atoms with Crippen molar-refractivity contribution in [3.63, 3.8) is 0 Å². The van der Waals surface area contributed by atoms with Crippen LogP contribution in [0.3, 0.4) is 0 Å². The average molecular weight is 339 g/mol. The smallest absolute Gasteiger partial charge is 0.309 e. The standard InChI is InChI=1S/C22H29NO2/c23-13-19-3-14-1-15(4-19)8-21(7-14,11-19)22-9-16-2-17(10-22)6-20(5-16,12-22)18(24)25/h14-17H,1-12H2,(H,24,25). The molecule has 8 bridgehead atoms. The van der Waals surface area contributed by atoms with E-state index >= 15 is 0 Å². The highest BCUT2D eigenvalue weighted by atomic mass is 16.4. The molecule has 0 saturated heterocycles. The van der Waals surface area contributed by atoms with E-state index in [1.54, 1.807) is 0 Å². The van der Waals surface area contributed by atoms with Crippen LogP contribution in [0.5, 0.6) is 0 Å². The van der Waals surface area contributed by atoms with Crippen LogP contribution in [0.2, 0.25) is 0 Å². The van der Waals surface area contributed by atoms with Crippen molar-refractivity contribution in [1.82, 2.24) is 0 Å². The Bertz CT molecular complexity index is 675. The lowest BCUT2D eigenvalue weighted by atomic mass is 9.31. The second-order valence-corrected chi connectivity index (χ2v) is 11.5. The molecular formula is C22H29NO2. The predicted molar refractivity (Wildman–Crippen MR) is 92.3 cm³/mol. The Labute approximate surface area is 150 Å². The predicted octanol–water partition coefficient (Wildman–Crippen LogP) is 4.77. The first-order valence-electron chi connectivity index (χ1n) is 10.5. The zero-order chi connectivity index (χ0) is 17.1. The molecule has 4 atom stereocenters. The zero-order valence-corrected chi connectivity index (χ0v) is 15.1. The molecule has 8 saturated carbocycles. The van der Waals surface area contributed by atoms with Crippen molar-refractivity contribution in [2.45, 2.75) is 77.0 Å². The van der Waals surface area contributed by atoms with Gasteiger partial charge in [0, 0.05) is 0 Å². The minimum Gasteiger partial charge on any atom is -0.481 e. The fourth-order valence-corrected chi connectivity index (χ4v) is 10.1. The largest absolute Gasteiger partial charge is 0.481 e. The number of carboxylic acid groups (broad SMARTS) is 1. The van der Waals surface area contributed by atoms with E-state index in [0.29, 0.717) is 17.3 Å². The maximum Gasteiger partial charge on any atom is 0.309 e. The molecule has 25 heavy (non-hydrogen) atoms. The zero-order valence-electron chi connectivity index (χ0n) is 15.1. The number of hydrogen-bond acceptors (Lipinski definition) is 2. The van der Waals surface area contributed by atoms with E-state index in [2.05, 4.69) is 6.07 Å². The number of aliphatic carboxylic acids is 1. The van der Waals surface area contributed by atoms with Crippen molar-refractivity contribution in [1.29, 1.82) is 5.26 Å². The third-order valence-corrected chi connectivity index (χ3v) is 9.94. The molecule has 8 aliphatic carbocycles. The molecule has 0 radical (unpaired) electrons. The molecular weight excluding hydrogens is 310 g/mol. The molecule has 0 heterocycles. The van der Waals surface area contributed by atoms with Gasteiger partial charge in [-0.2, -0.15) is 5.26 Å². The van der Waals surface area contributed by atoms with Crippen LogP contribution < -0.4 is 0 Å². The Balaban J connectivity index is 1.47. The first-order chi connectivity index (χ1) is 11.9. The van der Waals surface area contributed by atoms with Gasteiger partial charge < -0.3 is 5.11 Å². The summed E-state index contributed by atoms with van der Waals surface area (Å²) >= 11 is 0. The molecule has 134 valence electrons. The molecule has 0 aromatic rings. The Morgan fingerprint density at radius 2 is 1.28 bits per heavy atom. The lowest BCUT2D eigenvalue weighted by molar-refractivity contribution is -0.233. The Morgan fingerprint density at radius 1 is 0.800 bits per heavy atom. The minimum atomic E-state index is -0.509. The van der Waals surface area contributed by atoms with Crippen molar-refractivity contribution in [2.75, 3.05) is 0 Å². The summed E-state index contributed by atoms with van der Waals surface area (Å²) in [5.41, 5.74) is 0.0532. The van der Waals surface area contributed by atoms with Crippen LogP contribution in [0.1, 0.15) is 77.0 Å². The van der Waals surface area contributed by atoms with Crippen LogP contribution in [0.25, 0.3) is 0 Å². The molecule has 0 aliphatic heterocycles. The van der Waals surface area contributed by atoms with Crippen LogP contribution in [0.15, 0.2) is 0 Å². The molecule has 8 rings (SSSR count). The Kier molecular flexibility index (Phi) is 2.57. The maximum atomic E-state index is 12.3. The van der Waals surface area contributed by atoms with E-state index < -0.39 is 11.4 Å². The summed E-state index contributed by atoms with van der Waals surface area (Å²) in [7, 11) is 0. The summed E-state index contributed by atoms with van der Waals surface area (Å²) in [4.78, 5) is 12.3. The van der Waals surface area contributed by atoms with Crippen LogP contribution in [0.4, 0.5) is 0 Å². The Hall–Kier alpha value is -1.04. The molecule has 0 aromatic heterocycles. The van der Waals surface area contributed by atoms with Gasteiger partial charge in [-0.25, -0.2) is 0 Å². The highest BCUT2D eigenvalue weighted by Gasteiger charge is 2.71. The molecule has 0 spiro atoms. The van der Waals surface area contributed by atoms with Gasteiger partial charge in [-0.15, -0.1) is 0 Å². The van der Waals surface area contributed by atoms with Gasteiger partial charge in [0.1, 0.15) is 0 Å². The summed E-state index contributed by atoms with van der Waals surface area (Å²) in [6, 6.07) is 2.78. The molecule has 8 aliphatic rings. The molecule has 3 heteroatoms. The highest BCUT2D eigenvalue weighted by Crippen LogP contribution is 2.78. The lowest BCUT2D eigenvalue weighted by Crippen LogP contribution is -2.65. The number of nitrogens with zero attached hydrogens (tertiary/aromatic N) is 1. The van der Waals surface area contributed by atoms with Gasteiger partial charge >= 0.3 is 5.97 Å². The lowest BCUT2D eigenvalue weighted by Gasteiger charge is -2.72. The van der Waals surface area contributed by atoms with Crippen LogP contribution in [-0.4, -0.2) is 11.1 Å². The summed E-state index contributed by atoms with van der Waals surface area (Å²) in [5.74, 6) is 2.27. The van der Waals surface area contributed by atoms with Crippen molar-refractivity contribution >= 4 is 5.97 Å². The summed E-state index contributed by atoms with van der Waals surface area (Å²) in [5, 5.41) is 20.1. The molecule has 3 nitrogen and oxygen atoms in total. The number of nitriles is 1. The summed E-state index contributed by atoms with van der Waals surface area (Å²) in [6.07, 6.45) is 14.0. The third-order valence-electron chi connectivity index (χ3n) is 9.94. The number of hydrogen-bond donors (Lipinski definition) is 1. The average Bonchev–Trinajstić information content (AvgIpc) is 2.52. The molecule has 0 amide bonds. The van der Waals surface area contributed by atoms with E-state index in [0.717, 1.165) is 50.4 Å². The van der Waals surface area contributed by atoms with E-state index in [9.17, 15) is 15.2 Å². The first kappa shape index (κ1) is 15.1. The van der Waals surface area contributed by atoms with Gasteiger partial charge in [0.15, 0.2) is 0 Å². The van der Waals surface area contributed by atoms with E-state index in [1.807, 2.05) is 0 Å². The van der Waals surface area contributed by atoms with Gasteiger partial charge in [0.25, 0.3) is 0 Å². The van der Waals surface area contributed by atoms with Gasteiger partial charge in [0.05, 0.1) is 16.9 Å². The van der Waals surface area contributed by atoms with Crippen LogP contribution in [0, 0.1) is 56.7 Å². The summed E-state index contributed by atoms with van der Waals surface area (Å²) in [6.45, 7) is 0. The number of rotatable bonds is 2. The van der Waals surface area contributed by atoms with E-state index in [4.69, 9.17) is 0 Å². The SMILES string of the molecule is N#CC12CC3CC(C1)CC(C14CC5CC(CC(C(=O)O)(C5)C1)C4)(C3)C2. The molecule has 4 unspecified atom stereocenters. The van der Waals surface area contributed by atoms with Crippen molar-refractivity contribution in [3.8, 4) is 6.07 Å². The van der Waals surface area contributed by atoms with Gasteiger partial charge in [-0.05, 0) is 112 Å². The van der Waals surface area contributed by atoms with E-state index in [-0.39, 0.29) is 10.8 Å². The fourth-order valence-electron chi connectivity index (χ4n) is 10.1. The van der Waals surface area contributed by atoms with Gasteiger partial charge in [0.2, 0.25) is 0 Å². The summed E-state index contributed by atoms with van der Waals surface area (Å²) < 4.78 is 0. The minimum absolute atomic E-state index is 0.0657. The fraction of sp³-hybridized carbons (Fsp3) is 0.909. The maximum absolute atomic E-state index is 12.3. The Morgan fingerprint density at radius 3 is 1.76 bits per heavy atom. The first-order valence-corrected chi connectivity index (χ1v) is 10.5. The van der Waals surface area contributed by atoms with Crippen LogP contribution in [-0.2, 0) is 4.79 Å². The van der Waals surface area contributed by atoms with E-state index in [1.165, 1.54) is 38.5 Å². The topological polar surface area (TPSA) is 61.1 Å². The second kappa shape index (κ2) is 4.26. The molecule has 1 N–H and O–H groups in total. The van der Waals surface area contributed by atoms with Crippen LogP contribution >= 0.6 is 0 Å². The quantitative estimate of drug-likeness (QED) is 0.788. The van der Waals surface area contributed by atoms with Gasteiger partial charge in [-0.1, -0.05) is 0 Å². The molecule has 8 fully saturated rings. The third kappa shape index (κ3) is 1.70. The number of carboxylic acids is 1. The second-order valence-electron chi connectivity index (χ2n) is 11.5. The van der Waals surface area contributed by atoms with Crippen molar-refractivity contribution in [2.24, 2.45) is 45.3 Å². The van der Waals surface area contributed by atoms with Crippen molar-refractivity contribution in [3.05, 3.63) is 0 Å². The van der Waals surface area contributed by atoms with Crippen molar-refractivity contribution < 1.29 is 9.90 Å². The monoisotopic (exact) mass is 339 g/mol. The van der Waals surface area contributed by atoms with Gasteiger partial charge in [-0.3, -0.25) is 4.79 Å². The number of carbonyl (C=O) groups is 1. The normalized spacial score (nSPS) is 60.6. The highest BCUT2D eigenvalue weighted by molar-refractivity contribution is 5.75.